The lowest BCUT2D eigenvalue weighted by molar-refractivity contribution is 0.444. The van der Waals surface area contributed by atoms with Gasteiger partial charge in [-0.2, -0.15) is 5.26 Å². The molecule has 7 heteroatoms. The van der Waals surface area contributed by atoms with Crippen LogP contribution in [0.1, 0.15) is 35.8 Å². The molecular formula is C18H22N6S. The zero-order valence-electron chi connectivity index (χ0n) is 14.4. The molecule has 6 nitrogen and oxygen atoms in total. The van der Waals surface area contributed by atoms with Crippen molar-refractivity contribution in [3.63, 3.8) is 0 Å². The van der Waals surface area contributed by atoms with Gasteiger partial charge in [0.2, 0.25) is 0 Å². The Morgan fingerprint density at radius 3 is 2.84 bits per heavy atom. The third-order valence-electron chi connectivity index (χ3n) is 5.14. The summed E-state index contributed by atoms with van der Waals surface area (Å²) < 4.78 is 0. The molecule has 0 bridgehead atoms. The molecule has 0 amide bonds. The average Bonchev–Trinajstić information content (AvgIpc) is 2.96. The van der Waals surface area contributed by atoms with Gasteiger partial charge in [0.05, 0.1) is 12.1 Å². The maximum Gasteiger partial charge on any atom is 0.134 e. The van der Waals surface area contributed by atoms with Gasteiger partial charge in [-0.05, 0) is 30.7 Å². The zero-order valence-corrected chi connectivity index (χ0v) is 15.2. The largest absolute Gasteiger partial charge is 0.389 e. The number of nitrogen functional groups attached to an aromatic ring is 1. The predicted octanol–water partition coefficient (Wildman–Crippen LogP) is 2.79. The lowest BCUT2D eigenvalue weighted by atomic mass is 10.0. The second kappa shape index (κ2) is 6.52. The first-order valence-corrected chi connectivity index (χ1v) is 9.59. The molecule has 0 saturated carbocycles. The van der Waals surface area contributed by atoms with Crippen LogP contribution in [0.4, 0.5) is 16.6 Å². The Bertz CT molecular complexity index is 823. The van der Waals surface area contributed by atoms with Crippen molar-refractivity contribution in [3.8, 4) is 6.07 Å². The van der Waals surface area contributed by atoms with Gasteiger partial charge in [0, 0.05) is 30.6 Å². The molecule has 2 N–H and O–H groups in total. The molecule has 25 heavy (non-hydrogen) atoms. The highest BCUT2D eigenvalue weighted by Crippen LogP contribution is 2.36. The van der Waals surface area contributed by atoms with E-state index < -0.39 is 0 Å². The molecule has 0 radical (unpaired) electrons. The highest BCUT2D eigenvalue weighted by Gasteiger charge is 2.25. The van der Waals surface area contributed by atoms with E-state index in [0.29, 0.717) is 16.5 Å². The summed E-state index contributed by atoms with van der Waals surface area (Å²) in [6.45, 7) is 6.05. The highest BCUT2D eigenvalue weighted by atomic mass is 32.1. The Morgan fingerprint density at radius 2 is 2.08 bits per heavy atom. The maximum atomic E-state index is 9.29. The normalized spacial score (nSPS) is 20.2. The topological polar surface area (TPSA) is 82.1 Å². The Morgan fingerprint density at radius 1 is 1.28 bits per heavy atom. The van der Waals surface area contributed by atoms with Gasteiger partial charge < -0.3 is 15.5 Å². The summed E-state index contributed by atoms with van der Waals surface area (Å²) in [5.74, 6) is 2.69. The van der Waals surface area contributed by atoms with Crippen molar-refractivity contribution < 1.29 is 0 Å². The summed E-state index contributed by atoms with van der Waals surface area (Å²) in [6, 6.07) is 4.35. The molecule has 0 aromatic carbocycles. The number of hydrogen-bond acceptors (Lipinski definition) is 7. The standard InChI is InChI=1S/C18H22N6S/c1-12-3-2-5-23(9-12)16-7-17(22-11-21-16)24-6-4-13-14(8-19)18(20)25-15(13)10-24/h7,11-12H,2-6,9-10,20H2,1H3. The quantitative estimate of drug-likeness (QED) is 0.893. The molecule has 1 saturated heterocycles. The molecule has 2 aromatic heterocycles. The van der Waals surface area contributed by atoms with Crippen molar-refractivity contribution in [2.45, 2.75) is 32.7 Å². The number of anilines is 3. The number of nitrogens with zero attached hydrogens (tertiary/aromatic N) is 5. The number of aromatic nitrogens is 2. The molecule has 1 unspecified atom stereocenters. The van der Waals surface area contributed by atoms with Crippen molar-refractivity contribution >= 4 is 28.0 Å². The van der Waals surface area contributed by atoms with Gasteiger partial charge >= 0.3 is 0 Å². The lowest BCUT2D eigenvalue weighted by Gasteiger charge is -2.33. The van der Waals surface area contributed by atoms with E-state index in [2.05, 4.69) is 38.8 Å². The smallest absolute Gasteiger partial charge is 0.134 e. The van der Waals surface area contributed by atoms with E-state index in [-0.39, 0.29) is 0 Å². The average molecular weight is 354 g/mol. The van der Waals surface area contributed by atoms with Gasteiger partial charge in [-0.15, -0.1) is 11.3 Å². The number of thiophene rings is 1. The second-order valence-electron chi connectivity index (χ2n) is 6.95. The van der Waals surface area contributed by atoms with Gasteiger partial charge in [-0.3, -0.25) is 0 Å². The van der Waals surface area contributed by atoms with E-state index >= 15 is 0 Å². The fourth-order valence-electron chi connectivity index (χ4n) is 3.82. The van der Waals surface area contributed by atoms with E-state index in [0.717, 1.165) is 49.8 Å². The number of piperidine rings is 1. The first kappa shape index (κ1) is 16.2. The minimum Gasteiger partial charge on any atom is -0.389 e. The minimum absolute atomic E-state index is 0.639. The van der Waals surface area contributed by atoms with Crippen LogP contribution in [0.2, 0.25) is 0 Å². The second-order valence-corrected chi connectivity index (χ2v) is 8.09. The predicted molar refractivity (Wildman–Crippen MR) is 101 cm³/mol. The number of nitrogens with two attached hydrogens (primary N) is 1. The van der Waals surface area contributed by atoms with Crippen LogP contribution >= 0.6 is 11.3 Å². The molecular weight excluding hydrogens is 332 g/mol. The summed E-state index contributed by atoms with van der Waals surface area (Å²) in [6.07, 6.45) is 5.03. The number of nitriles is 1. The fraction of sp³-hybridized carbons (Fsp3) is 0.500. The van der Waals surface area contributed by atoms with E-state index in [1.165, 1.54) is 29.1 Å². The van der Waals surface area contributed by atoms with E-state index in [9.17, 15) is 5.26 Å². The molecule has 1 atom stereocenters. The summed E-state index contributed by atoms with van der Waals surface area (Å²) in [5, 5.41) is 9.92. The Balaban J connectivity index is 1.56. The third kappa shape index (κ3) is 3.02. The molecule has 0 spiro atoms. The Kier molecular flexibility index (Phi) is 4.22. The Hall–Kier alpha value is -2.33. The van der Waals surface area contributed by atoms with Crippen molar-refractivity contribution in [1.82, 2.24) is 9.97 Å². The van der Waals surface area contributed by atoms with Crippen molar-refractivity contribution in [3.05, 3.63) is 28.4 Å². The van der Waals surface area contributed by atoms with E-state index in [1.807, 2.05) is 0 Å². The molecule has 4 heterocycles. The lowest BCUT2D eigenvalue weighted by Crippen LogP contribution is -2.35. The summed E-state index contributed by atoms with van der Waals surface area (Å²) in [5.41, 5.74) is 7.79. The van der Waals surface area contributed by atoms with Crippen LogP contribution in [0.25, 0.3) is 0 Å². The Labute approximate surface area is 151 Å². The van der Waals surface area contributed by atoms with Gasteiger partial charge in [0.1, 0.15) is 29.0 Å². The monoisotopic (exact) mass is 354 g/mol. The minimum atomic E-state index is 0.639. The summed E-state index contributed by atoms with van der Waals surface area (Å²) >= 11 is 1.53. The van der Waals surface area contributed by atoms with Crippen LogP contribution in [0.15, 0.2) is 12.4 Å². The SMILES string of the molecule is CC1CCCN(c2cc(N3CCc4c(sc(N)c4C#N)C3)ncn2)C1. The molecule has 2 aliphatic heterocycles. The third-order valence-corrected chi connectivity index (χ3v) is 6.19. The number of fused-ring (bicyclic) bond motifs is 1. The molecule has 1 fully saturated rings. The van der Waals surface area contributed by atoms with Crippen molar-refractivity contribution in [2.24, 2.45) is 5.92 Å². The van der Waals surface area contributed by atoms with Crippen LogP contribution in [0.3, 0.4) is 0 Å². The van der Waals surface area contributed by atoms with Gasteiger partial charge in [-0.1, -0.05) is 6.92 Å². The van der Waals surface area contributed by atoms with E-state index in [1.54, 1.807) is 6.33 Å². The molecule has 130 valence electrons. The van der Waals surface area contributed by atoms with Crippen LogP contribution in [-0.2, 0) is 13.0 Å². The van der Waals surface area contributed by atoms with Crippen molar-refractivity contribution in [1.29, 1.82) is 5.26 Å². The molecule has 2 aromatic rings. The number of hydrogen-bond donors (Lipinski definition) is 1. The van der Waals surface area contributed by atoms with Crippen LogP contribution in [0, 0.1) is 17.2 Å². The first-order valence-electron chi connectivity index (χ1n) is 8.77. The maximum absolute atomic E-state index is 9.29. The van der Waals surface area contributed by atoms with Crippen LogP contribution in [0.5, 0.6) is 0 Å². The first-order chi connectivity index (χ1) is 12.2. The van der Waals surface area contributed by atoms with Crippen LogP contribution < -0.4 is 15.5 Å². The summed E-state index contributed by atoms with van der Waals surface area (Å²) in [7, 11) is 0. The van der Waals surface area contributed by atoms with Crippen LogP contribution in [-0.4, -0.2) is 29.6 Å². The molecule has 2 aliphatic rings. The van der Waals surface area contributed by atoms with Gasteiger partial charge in [0.15, 0.2) is 0 Å². The number of rotatable bonds is 2. The van der Waals surface area contributed by atoms with Crippen molar-refractivity contribution in [2.75, 3.05) is 35.2 Å². The van der Waals surface area contributed by atoms with Gasteiger partial charge in [-0.25, -0.2) is 9.97 Å². The highest BCUT2D eigenvalue weighted by molar-refractivity contribution is 7.16. The summed E-state index contributed by atoms with van der Waals surface area (Å²) in [4.78, 5) is 14.8. The molecule has 4 rings (SSSR count). The molecule has 0 aliphatic carbocycles. The van der Waals surface area contributed by atoms with Gasteiger partial charge in [0.25, 0.3) is 0 Å². The fourth-order valence-corrected chi connectivity index (χ4v) is 4.91. The van der Waals surface area contributed by atoms with E-state index in [4.69, 9.17) is 5.73 Å². The zero-order chi connectivity index (χ0) is 17.4.